The first-order chi connectivity index (χ1) is 9.19. The predicted molar refractivity (Wildman–Crippen MR) is 82.9 cm³/mol. The Morgan fingerprint density at radius 2 is 2.11 bits per heavy atom. The molecule has 0 aliphatic rings. The van der Waals surface area contributed by atoms with Gasteiger partial charge >= 0.3 is 0 Å². The molecule has 0 unspecified atom stereocenters. The average Bonchev–Trinajstić information content (AvgIpc) is 2.40. The van der Waals surface area contributed by atoms with Crippen molar-refractivity contribution in [1.82, 2.24) is 0 Å². The van der Waals surface area contributed by atoms with Crippen LogP contribution in [-0.4, -0.2) is 17.2 Å². The van der Waals surface area contributed by atoms with Crippen molar-refractivity contribution in [2.24, 2.45) is 0 Å². The van der Waals surface area contributed by atoms with Crippen molar-refractivity contribution in [2.45, 2.75) is 38.9 Å². The molecule has 0 radical (unpaired) electrons. The fourth-order valence-electron chi connectivity index (χ4n) is 1.81. The zero-order valence-corrected chi connectivity index (χ0v) is 12.5. The Hall–Kier alpha value is -1.23. The Kier molecular flexibility index (Phi) is 7.33. The van der Waals surface area contributed by atoms with Gasteiger partial charge in [0.05, 0.1) is 4.92 Å². The van der Waals surface area contributed by atoms with Crippen LogP contribution in [0.4, 0.5) is 11.4 Å². The van der Waals surface area contributed by atoms with E-state index in [1.165, 1.54) is 19.3 Å². The van der Waals surface area contributed by atoms with Crippen LogP contribution in [0.25, 0.3) is 0 Å². The minimum atomic E-state index is -0.332. The first kappa shape index (κ1) is 15.8. The van der Waals surface area contributed by atoms with Crippen molar-refractivity contribution in [1.29, 1.82) is 0 Å². The number of rotatable bonds is 9. The maximum atomic E-state index is 10.8. The van der Waals surface area contributed by atoms with Gasteiger partial charge in [-0.3, -0.25) is 10.1 Å². The van der Waals surface area contributed by atoms with E-state index < -0.39 is 0 Å². The van der Waals surface area contributed by atoms with E-state index in [2.05, 4.69) is 12.2 Å². The highest BCUT2D eigenvalue weighted by Crippen LogP contribution is 2.26. The fourth-order valence-corrected chi connectivity index (χ4v) is 2.82. The molecule has 0 saturated carbocycles. The Balaban J connectivity index is 2.65. The average molecular weight is 282 g/mol. The summed E-state index contributed by atoms with van der Waals surface area (Å²) in [5, 5.41) is 14.1. The normalized spacial score (nSPS) is 10.4. The van der Waals surface area contributed by atoms with Crippen molar-refractivity contribution in [3.8, 4) is 0 Å². The van der Waals surface area contributed by atoms with Crippen LogP contribution < -0.4 is 5.32 Å². The third-order valence-electron chi connectivity index (χ3n) is 2.82. The Morgan fingerprint density at radius 1 is 1.32 bits per heavy atom. The third-order valence-corrected chi connectivity index (χ3v) is 3.91. The third kappa shape index (κ3) is 5.51. The molecular formula is C14H22N2O2S. The summed E-state index contributed by atoms with van der Waals surface area (Å²) < 4.78 is 0. The fraction of sp³-hybridized carbons (Fsp3) is 0.571. The Morgan fingerprint density at radius 3 is 2.74 bits per heavy atom. The summed E-state index contributed by atoms with van der Waals surface area (Å²) in [6.07, 6.45) is 3.69. The van der Waals surface area contributed by atoms with Gasteiger partial charge in [0.2, 0.25) is 0 Å². The van der Waals surface area contributed by atoms with Crippen LogP contribution in [0.5, 0.6) is 0 Å². The quantitative estimate of drug-likeness (QED) is 0.413. The lowest BCUT2D eigenvalue weighted by Gasteiger charge is -2.10. The molecule has 1 N–H and O–H groups in total. The predicted octanol–water partition coefficient (Wildman–Crippen LogP) is 4.45. The van der Waals surface area contributed by atoms with Gasteiger partial charge in [-0.2, -0.15) is 11.8 Å². The van der Waals surface area contributed by atoms with Crippen LogP contribution in [0.3, 0.4) is 0 Å². The van der Waals surface area contributed by atoms with E-state index in [-0.39, 0.29) is 10.6 Å². The second-order valence-electron chi connectivity index (χ2n) is 4.39. The van der Waals surface area contributed by atoms with E-state index >= 15 is 0 Å². The molecule has 1 rings (SSSR count). The molecule has 0 spiro atoms. The number of nitro groups is 1. The lowest BCUT2D eigenvalue weighted by Crippen LogP contribution is -2.01. The number of nitrogens with one attached hydrogen (secondary N) is 1. The van der Waals surface area contributed by atoms with Crippen molar-refractivity contribution in [3.63, 3.8) is 0 Å². The highest BCUT2D eigenvalue weighted by atomic mass is 32.2. The molecule has 0 aliphatic carbocycles. The van der Waals surface area contributed by atoms with E-state index in [9.17, 15) is 10.1 Å². The van der Waals surface area contributed by atoms with Crippen LogP contribution in [0.15, 0.2) is 18.2 Å². The number of hydrogen-bond acceptors (Lipinski definition) is 4. The molecule has 1 aromatic rings. The number of nitrogens with zero attached hydrogens (tertiary/aromatic N) is 1. The molecule has 0 atom stereocenters. The number of anilines is 1. The molecule has 0 amide bonds. The number of unbranched alkanes of at least 4 members (excludes halogenated alkanes) is 2. The second kappa shape index (κ2) is 8.80. The molecule has 1 aromatic carbocycles. The van der Waals surface area contributed by atoms with Gasteiger partial charge in [-0.15, -0.1) is 0 Å². The van der Waals surface area contributed by atoms with Gasteiger partial charge in [-0.1, -0.05) is 19.8 Å². The summed E-state index contributed by atoms with van der Waals surface area (Å²) in [7, 11) is 0. The molecule has 0 aromatic heterocycles. The van der Waals surface area contributed by atoms with E-state index in [1.54, 1.807) is 12.1 Å². The second-order valence-corrected chi connectivity index (χ2v) is 5.49. The summed E-state index contributed by atoms with van der Waals surface area (Å²) in [5.41, 5.74) is 2.21. The molecule has 0 fully saturated rings. The SMILES string of the molecule is CCCCCSCc1cc([N+](=O)[O-])ccc1NCC. The molecule has 5 heteroatoms. The zero-order valence-electron chi connectivity index (χ0n) is 11.6. The van der Waals surface area contributed by atoms with Crippen LogP contribution in [-0.2, 0) is 5.75 Å². The van der Waals surface area contributed by atoms with Gasteiger partial charge in [0, 0.05) is 30.1 Å². The molecule has 0 aliphatic heterocycles. The largest absolute Gasteiger partial charge is 0.385 e. The first-order valence-corrected chi connectivity index (χ1v) is 7.93. The molecule has 106 valence electrons. The minimum absolute atomic E-state index is 0.172. The van der Waals surface area contributed by atoms with Crippen LogP contribution >= 0.6 is 11.8 Å². The summed E-state index contributed by atoms with van der Waals surface area (Å²) in [5.74, 6) is 1.94. The minimum Gasteiger partial charge on any atom is -0.385 e. The Labute approximate surface area is 119 Å². The number of hydrogen-bond donors (Lipinski definition) is 1. The van der Waals surface area contributed by atoms with Crippen molar-refractivity contribution in [2.75, 3.05) is 17.6 Å². The van der Waals surface area contributed by atoms with E-state index in [0.29, 0.717) is 0 Å². The van der Waals surface area contributed by atoms with Gasteiger partial charge in [-0.25, -0.2) is 0 Å². The number of benzene rings is 1. The van der Waals surface area contributed by atoms with E-state index in [4.69, 9.17) is 0 Å². The maximum absolute atomic E-state index is 10.8. The molecule has 0 heterocycles. The highest BCUT2D eigenvalue weighted by Gasteiger charge is 2.10. The lowest BCUT2D eigenvalue weighted by molar-refractivity contribution is -0.384. The van der Waals surface area contributed by atoms with Gasteiger partial charge in [0.15, 0.2) is 0 Å². The van der Waals surface area contributed by atoms with Crippen molar-refractivity contribution < 1.29 is 4.92 Å². The Bertz CT molecular complexity index is 410. The highest BCUT2D eigenvalue weighted by molar-refractivity contribution is 7.98. The molecule has 0 bridgehead atoms. The smallest absolute Gasteiger partial charge is 0.269 e. The van der Waals surface area contributed by atoms with Gasteiger partial charge in [0.1, 0.15) is 0 Å². The number of nitro benzene ring substituents is 1. The van der Waals surface area contributed by atoms with E-state index in [0.717, 1.165) is 29.3 Å². The van der Waals surface area contributed by atoms with Crippen LogP contribution in [0.1, 0.15) is 38.7 Å². The molecule has 4 nitrogen and oxygen atoms in total. The topological polar surface area (TPSA) is 55.2 Å². The standard InChI is InChI=1S/C14H22N2O2S/c1-3-5-6-9-19-11-12-10-13(16(17)18)7-8-14(12)15-4-2/h7-8,10,15H,3-6,9,11H2,1-2H3. The summed E-state index contributed by atoms with van der Waals surface area (Å²) in [6, 6.07) is 5.05. The van der Waals surface area contributed by atoms with Gasteiger partial charge < -0.3 is 5.32 Å². The lowest BCUT2D eigenvalue weighted by atomic mass is 10.2. The molecular weight excluding hydrogens is 260 g/mol. The first-order valence-electron chi connectivity index (χ1n) is 6.78. The number of non-ortho nitro benzene ring substituents is 1. The zero-order chi connectivity index (χ0) is 14.1. The summed E-state index contributed by atoms with van der Waals surface area (Å²) in [6.45, 7) is 5.04. The summed E-state index contributed by atoms with van der Waals surface area (Å²) in [4.78, 5) is 10.5. The van der Waals surface area contributed by atoms with Crippen molar-refractivity contribution >= 4 is 23.1 Å². The van der Waals surface area contributed by atoms with Crippen LogP contribution in [0.2, 0.25) is 0 Å². The number of thioether (sulfide) groups is 1. The monoisotopic (exact) mass is 282 g/mol. The van der Waals surface area contributed by atoms with Crippen LogP contribution in [0, 0.1) is 10.1 Å². The van der Waals surface area contributed by atoms with Gasteiger partial charge in [-0.05, 0) is 30.7 Å². The molecule has 0 saturated heterocycles. The van der Waals surface area contributed by atoms with E-state index in [1.807, 2.05) is 24.8 Å². The summed E-state index contributed by atoms with van der Waals surface area (Å²) >= 11 is 1.84. The maximum Gasteiger partial charge on any atom is 0.269 e. The van der Waals surface area contributed by atoms with Gasteiger partial charge in [0.25, 0.3) is 5.69 Å². The molecule has 19 heavy (non-hydrogen) atoms. The van der Waals surface area contributed by atoms with Crippen molar-refractivity contribution in [3.05, 3.63) is 33.9 Å².